The zero-order valence-corrected chi connectivity index (χ0v) is 33.5. The van der Waals surface area contributed by atoms with Crippen molar-refractivity contribution in [3.63, 3.8) is 0 Å². The Hall–Kier alpha value is -5.09. The van der Waals surface area contributed by atoms with Gasteiger partial charge in [-0.1, -0.05) is 93.6 Å². The van der Waals surface area contributed by atoms with Gasteiger partial charge >= 0.3 is 0 Å². The van der Waals surface area contributed by atoms with E-state index < -0.39 is 0 Å². The van der Waals surface area contributed by atoms with Crippen LogP contribution in [0.5, 0.6) is 0 Å². The molecule has 3 aromatic heterocycles. The van der Waals surface area contributed by atoms with Crippen molar-refractivity contribution in [1.29, 1.82) is 0 Å². The standard InChI is InChI=1S/C17H19NO.2C16H18N2O.CH4/c1-2-5-17-16-8-3-7-14(15(16)9-11-19-17)13-6-4-10-18-12-13;2*1-17-11-16-15-6-2-5-13(14(15)7-9-19-16)12-4-3-8-18-10-12;/h3-4,6-8,10,12,17H,2,5,9,11H2,1H3;2*2-6,8,10,16-17H,7,9,11H2,1H3;1H4/t17-;2*16-;/m110./s1. The summed E-state index contributed by atoms with van der Waals surface area (Å²) in [6, 6.07) is 31.8. The van der Waals surface area contributed by atoms with Crippen LogP contribution in [0, 0.1) is 0 Å². The van der Waals surface area contributed by atoms with E-state index in [-0.39, 0.29) is 25.7 Å². The van der Waals surface area contributed by atoms with Crippen LogP contribution in [-0.4, -0.2) is 62.0 Å². The van der Waals surface area contributed by atoms with Crippen LogP contribution in [0.15, 0.2) is 128 Å². The fourth-order valence-electron chi connectivity index (χ4n) is 8.32. The molecule has 9 rings (SSSR count). The topological polar surface area (TPSA) is 90.4 Å². The molecular weight excluding hydrogens is 719 g/mol. The van der Waals surface area contributed by atoms with Gasteiger partial charge in [0.05, 0.1) is 38.1 Å². The fraction of sp³-hybridized carbons (Fsp3) is 0.340. The fourth-order valence-corrected chi connectivity index (χ4v) is 8.32. The van der Waals surface area contributed by atoms with Crippen molar-refractivity contribution < 1.29 is 14.2 Å². The minimum Gasteiger partial charge on any atom is -0.373 e. The average Bonchev–Trinajstić information content (AvgIpc) is 3.28. The highest BCUT2D eigenvalue weighted by Crippen LogP contribution is 2.37. The summed E-state index contributed by atoms with van der Waals surface area (Å²) < 4.78 is 17.6. The number of aromatic nitrogens is 3. The number of fused-ring (bicyclic) bond motifs is 3. The second-order valence-electron chi connectivity index (χ2n) is 14.6. The zero-order valence-electron chi connectivity index (χ0n) is 33.5. The lowest BCUT2D eigenvalue weighted by atomic mass is 9.89. The normalized spacial score (nSPS) is 17.7. The van der Waals surface area contributed by atoms with E-state index in [9.17, 15) is 0 Å². The van der Waals surface area contributed by atoms with Crippen LogP contribution in [0.4, 0.5) is 0 Å². The Kier molecular flexibility index (Phi) is 15.8. The molecule has 3 aliphatic heterocycles. The van der Waals surface area contributed by atoms with Crippen LogP contribution in [0.1, 0.15) is 78.9 Å². The number of nitrogens with zero attached hydrogens (tertiary/aromatic N) is 3. The van der Waals surface area contributed by atoms with Crippen LogP contribution in [0.3, 0.4) is 0 Å². The Balaban J connectivity index is 0.000000145. The van der Waals surface area contributed by atoms with E-state index in [4.69, 9.17) is 14.2 Å². The van der Waals surface area contributed by atoms with Gasteiger partial charge in [0, 0.05) is 67.0 Å². The lowest BCUT2D eigenvalue weighted by molar-refractivity contribution is 0.0362. The number of ether oxygens (including phenoxy) is 3. The molecule has 2 N–H and O–H groups in total. The molecule has 0 bridgehead atoms. The smallest absolute Gasteiger partial charge is 0.0952 e. The van der Waals surface area contributed by atoms with Crippen molar-refractivity contribution in [2.24, 2.45) is 0 Å². The summed E-state index contributed by atoms with van der Waals surface area (Å²) in [4.78, 5) is 12.7. The first-order valence-electron chi connectivity index (χ1n) is 20.4. The molecule has 0 aliphatic carbocycles. The molecule has 0 spiro atoms. The Bertz CT molecular complexity index is 1900. The van der Waals surface area contributed by atoms with Crippen molar-refractivity contribution in [2.75, 3.05) is 47.0 Å². The molecule has 0 radical (unpaired) electrons. The first kappa shape index (κ1) is 42.5. The maximum absolute atomic E-state index is 5.92. The van der Waals surface area contributed by atoms with Gasteiger partial charge in [0.15, 0.2) is 0 Å². The maximum atomic E-state index is 5.92. The number of pyridine rings is 3. The van der Waals surface area contributed by atoms with Crippen molar-refractivity contribution in [3.05, 3.63) is 162 Å². The Morgan fingerprint density at radius 1 is 0.500 bits per heavy atom. The van der Waals surface area contributed by atoms with E-state index in [1.807, 2.05) is 69.5 Å². The summed E-state index contributed by atoms with van der Waals surface area (Å²) >= 11 is 0. The van der Waals surface area contributed by atoms with E-state index in [0.29, 0.717) is 0 Å². The molecule has 0 saturated carbocycles. The second kappa shape index (κ2) is 21.6. The molecular formula is C50H59N5O3. The third-order valence-corrected chi connectivity index (χ3v) is 10.9. The largest absolute Gasteiger partial charge is 0.373 e. The summed E-state index contributed by atoms with van der Waals surface area (Å²) in [5, 5.41) is 6.40. The maximum Gasteiger partial charge on any atom is 0.0952 e. The molecule has 302 valence electrons. The first-order valence-corrected chi connectivity index (χ1v) is 20.4. The molecule has 0 amide bonds. The molecule has 0 saturated heterocycles. The van der Waals surface area contributed by atoms with Gasteiger partial charge in [-0.25, -0.2) is 0 Å². The number of nitrogens with one attached hydrogen (secondary N) is 2. The van der Waals surface area contributed by atoms with E-state index in [1.54, 1.807) is 0 Å². The van der Waals surface area contributed by atoms with Gasteiger partial charge < -0.3 is 24.8 Å². The lowest BCUT2D eigenvalue weighted by Gasteiger charge is -2.27. The minimum atomic E-state index is 0. The van der Waals surface area contributed by atoms with Gasteiger partial charge in [-0.05, 0) is 108 Å². The zero-order chi connectivity index (χ0) is 39.2. The van der Waals surface area contributed by atoms with Gasteiger partial charge in [-0.2, -0.15) is 0 Å². The van der Waals surface area contributed by atoms with Crippen LogP contribution >= 0.6 is 0 Å². The van der Waals surface area contributed by atoms with Gasteiger partial charge in [0.2, 0.25) is 0 Å². The summed E-state index contributed by atoms with van der Waals surface area (Å²) in [6.07, 6.45) is 17.0. The molecule has 3 aliphatic rings. The van der Waals surface area contributed by atoms with E-state index in [0.717, 1.165) is 65.0 Å². The van der Waals surface area contributed by atoms with Crippen molar-refractivity contribution in [2.45, 2.75) is 64.8 Å². The lowest BCUT2D eigenvalue weighted by Crippen LogP contribution is -2.25. The summed E-state index contributed by atoms with van der Waals surface area (Å²) in [5.74, 6) is 0. The third kappa shape index (κ3) is 10.1. The van der Waals surface area contributed by atoms with Crippen molar-refractivity contribution in [1.82, 2.24) is 25.6 Å². The highest BCUT2D eigenvalue weighted by Gasteiger charge is 2.25. The number of hydrogen-bond acceptors (Lipinski definition) is 8. The van der Waals surface area contributed by atoms with Gasteiger partial charge in [0.25, 0.3) is 0 Å². The van der Waals surface area contributed by atoms with E-state index >= 15 is 0 Å². The molecule has 6 heterocycles. The van der Waals surface area contributed by atoms with E-state index in [1.165, 1.54) is 66.8 Å². The highest BCUT2D eigenvalue weighted by atomic mass is 16.5. The Labute approximate surface area is 345 Å². The van der Waals surface area contributed by atoms with Gasteiger partial charge in [-0.15, -0.1) is 0 Å². The Morgan fingerprint density at radius 2 is 0.862 bits per heavy atom. The SMILES string of the molecule is C.CCC[C@H]1OCCc2c(-c3cccnc3)cccc21.CNC[C@@H]1OCCc2c(-c3cccnc3)cccc21.CNC[C@H]1OCCc2c(-c3cccnc3)cccc21. The Morgan fingerprint density at radius 3 is 1.19 bits per heavy atom. The monoisotopic (exact) mass is 777 g/mol. The van der Waals surface area contributed by atoms with Crippen LogP contribution < -0.4 is 10.6 Å². The predicted octanol–water partition coefficient (Wildman–Crippen LogP) is 9.96. The number of hydrogen-bond donors (Lipinski definition) is 2. The molecule has 0 fully saturated rings. The molecule has 0 unspecified atom stereocenters. The molecule has 58 heavy (non-hydrogen) atoms. The van der Waals surface area contributed by atoms with Crippen molar-refractivity contribution in [3.8, 4) is 33.4 Å². The minimum absolute atomic E-state index is 0. The van der Waals surface area contributed by atoms with Crippen LogP contribution in [0.2, 0.25) is 0 Å². The molecule has 3 atom stereocenters. The predicted molar refractivity (Wildman–Crippen MR) is 236 cm³/mol. The molecule has 6 aromatic rings. The average molecular weight is 778 g/mol. The van der Waals surface area contributed by atoms with E-state index in [2.05, 4.69) is 105 Å². The van der Waals surface area contributed by atoms with Crippen molar-refractivity contribution >= 4 is 0 Å². The first-order chi connectivity index (χ1) is 28.2. The van der Waals surface area contributed by atoms with Crippen LogP contribution in [0.25, 0.3) is 33.4 Å². The number of rotatable bonds is 9. The number of benzene rings is 3. The quantitative estimate of drug-likeness (QED) is 0.150. The second-order valence-corrected chi connectivity index (χ2v) is 14.6. The summed E-state index contributed by atoms with van der Waals surface area (Å²) in [5.41, 5.74) is 15.7. The molecule has 8 nitrogen and oxygen atoms in total. The van der Waals surface area contributed by atoms with Crippen LogP contribution in [-0.2, 0) is 33.5 Å². The van der Waals surface area contributed by atoms with Gasteiger partial charge in [-0.3, -0.25) is 15.0 Å². The number of likely N-dealkylation sites (N-methyl/N-ethyl adjacent to an activating group) is 2. The highest BCUT2D eigenvalue weighted by molar-refractivity contribution is 5.70. The molecule has 3 aromatic carbocycles. The van der Waals surface area contributed by atoms with Gasteiger partial charge in [0.1, 0.15) is 0 Å². The summed E-state index contributed by atoms with van der Waals surface area (Å²) in [7, 11) is 3.92. The third-order valence-electron chi connectivity index (χ3n) is 10.9. The molecule has 8 heteroatoms. The summed E-state index contributed by atoms with van der Waals surface area (Å²) in [6.45, 7) is 6.32.